The minimum atomic E-state index is -5.05. The first-order chi connectivity index (χ1) is 17.7. The molecule has 0 aliphatic carbocycles. The Morgan fingerprint density at radius 1 is 0.811 bits per heavy atom. The van der Waals surface area contributed by atoms with Crippen molar-refractivity contribution in [1.29, 1.82) is 0 Å². The van der Waals surface area contributed by atoms with Gasteiger partial charge in [-0.1, -0.05) is 42.5 Å². The molecule has 10 heteroatoms. The average Bonchev–Trinajstić information content (AvgIpc) is 2.89. The number of hydrogen-bond acceptors (Lipinski definition) is 5. The van der Waals surface area contributed by atoms with Crippen molar-refractivity contribution in [3.63, 3.8) is 0 Å². The Morgan fingerprint density at radius 2 is 1.51 bits per heavy atom. The first kappa shape index (κ1) is 25.2. The summed E-state index contributed by atoms with van der Waals surface area (Å²) in [6.07, 6.45) is -2.35. The quantitative estimate of drug-likeness (QED) is 0.313. The number of alkyl halides is 3. The molecule has 0 radical (unpaired) electrons. The van der Waals surface area contributed by atoms with Crippen molar-refractivity contribution >= 4 is 23.2 Å². The van der Waals surface area contributed by atoms with Crippen LogP contribution in [0.25, 0.3) is 11.1 Å². The summed E-state index contributed by atoms with van der Waals surface area (Å²) in [5.74, 6) is -2.13. The zero-order valence-corrected chi connectivity index (χ0v) is 19.4. The van der Waals surface area contributed by atoms with Crippen LogP contribution < -0.4 is 20.1 Å². The monoisotopic (exact) mass is 507 g/mol. The summed E-state index contributed by atoms with van der Waals surface area (Å²) in [5.41, 5.74) is 2.04. The van der Waals surface area contributed by atoms with Gasteiger partial charge in [-0.15, -0.1) is 13.2 Å². The second kappa shape index (κ2) is 10.8. The van der Waals surface area contributed by atoms with Gasteiger partial charge in [-0.25, -0.2) is 0 Å². The Bertz CT molecular complexity index is 1410. The van der Waals surface area contributed by atoms with Crippen LogP contribution >= 0.6 is 0 Å². The topological polar surface area (TPSA) is 89.5 Å². The van der Waals surface area contributed by atoms with E-state index in [4.69, 9.17) is 4.74 Å². The van der Waals surface area contributed by atoms with Crippen molar-refractivity contribution < 1.29 is 32.2 Å². The first-order valence-electron chi connectivity index (χ1n) is 10.9. The maximum Gasteiger partial charge on any atom is 0.573 e. The van der Waals surface area contributed by atoms with Crippen molar-refractivity contribution in [1.82, 2.24) is 4.98 Å². The third kappa shape index (κ3) is 6.43. The molecule has 0 aliphatic rings. The van der Waals surface area contributed by atoms with Crippen LogP contribution in [0.1, 0.15) is 20.7 Å². The fraction of sp³-hybridized carbons (Fsp3) is 0.0741. The van der Waals surface area contributed by atoms with Crippen LogP contribution in [0, 0.1) is 0 Å². The summed E-state index contributed by atoms with van der Waals surface area (Å²) in [7, 11) is 1.35. The van der Waals surface area contributed by atoms with E-state index in [2.05, 4.69) is 20.4 Å². The van der Waals surface area contributed by atoms with Crippen molar-refractivity contribution in [3.8, 4) is 22.6 Å². The fourth-order valence-corrected chi connectivity index (χ4v) is 3.48. The number of nitrogens with zero attached hydrogens (tertiary/aromatic N) is 1. The Morgan fingerprint density at radius 3 is 2.19 bits per heavy atom. The number of pyridine rings is 1. The number of carbonyl (C=O) groups is 2. The fourth-order valence-electron chi connectivity index (χ4n) is 3.48. The molecule has 188 valence electrons. The van der Waals surface area contributed by atoms with Crippen LogP contribution in [0.3, 0.4) is 0 Å². The second-order valence-electron chi connectivity index (χ2n) is 7.69. The summed E-state index contributed by atoms with van der Waals surface area (Å²) in [5, 5.41) is 5.14. The van der Waals surface area contributed by atoms with Crippen LogP contribution in [0.4, 0.5) is 24.5 Å². The number of benzene rings is 3. The lowest BCUT2D eigenvalue weighted by Gasteiger charge is -2.15. The van der Waals surface area contributed by atoms with Crippen LogP contribution in [0.5, 0.6) is 11.5 Å². The standard InChI is InChI=1S/C27H20F3N3O4/c1-36-24-16-31-14-13-22(24)33-26(35)21-15-19(9-12-23(21)37-27(28,29)30)25(34)32-20-10-7-18(8-11-20)17-5-3-2-4-6-17/h2-16H,1H3,(H,32,34)(H,31,33,35). The van der Waals surface area contributed by atoms with Crippen LogP contribution in [0.2, 0.25) is 0 Å². The molecule has 2 N–H and O–H groups in total. The minimum absolute atomic E-state index is 0.0477. The van der Waals surface area contributed by atoms with E-state index in [1.807, 2.05) is 42.5 Å². The van der Waals surface area contributed by atoms with E-state index in [1.165, 1.54) is 25.6 Å². The molecule has 1 heterocycles. The lowest BCUT2D eigenvalue weighted by Crippen LogP contribution is -2.22. The summed E-state index contributed by atoms with van der Waals surface area (Å²) >= 11 is 0. The third-order valence-corrected chi connectivity index (χ3v) is 5.21. The van der Waals surface area contributed by atoms with Gasteiger partial charge in [-0.3, -0.25) is 14.6 Å². The van der Waals surface area contributed by atoms with Crippen molar-refractivity contribution in [2.45, 2.75) is 6.36 Å². The number of ether oxygens (including phenoxy) is 2. The first-order valence-corrected chi connectivity index (χ1v) is 10.9. The van der Waals surface area contributed by atoms with E-state index >= 15 is 0 Å². The molecule has 4 rings (SSSR count). The average molecular weight is 507 g/mol. The van der Waals surface area contributed by atoms with Gasteiger partial charge >= 0.3 is 6.36 Å². The van der Waals surface area contributed by atoms with Gasteiger partial charge in [0.25, 0.3) is 11.8 Å². The molecule has 4 aromatic rings. The van der Waals surface area contributed by atoms with Gasteiger partial charge < -0.3 is 20.1 Å². The lowest BCUT2D eigenvalue weighted by atomic mass is 10.1. The summed E-state index contributed by atoms with van der Waals surface area (Å²) in [4.78, 5) is 29.7. The van der Waals surface area contributed by atoms with Gasteiger partial charge in [-0.05, 0) is 47.5 Å². The van der Waals surface area contributed by atoms with Gasteiger partial charge in [0.05, 0.1) is 24.6 Å². The van der Waals surface area contributed by atoms with Gasteiger partial charge in [0.2, 0.25) is 0 Å². The molecule has 0 atom stereocenters. The number of amides is 2. The molecular weight excluding hydrogens is 487 g/mol. The Hall–Kier alpha value is -4.86. The highest BCUT2D eigenvalue weighted by molar-refractivity contribution is 6.10. The maximum atomic E-state index is 13.0. The maximum absolute atomic E-state index is 13.0. The van der Waals surface area contributed by atoms with E-state index in [9.17, 15) is 22.8 Å². The number of halogens is 3. The highest BCUT2D eigenvalue weighted by Crippen LogP contribution is 2.30. The van der Waals surface area contributed by atoms with Gasteiger partial charge in [-0.2, -0.15) is 0 Å². The van der Waals surface area contributed by atoms with Crippen molar-refractivity contribution in [2.75, 3.05) is 17.7 Å². The Labute approximate surface area is 209 Å². The molecule has 7 nitrogen and oxygen atoms in total. The molecule has 37 heavy (non-hydrogen) atoms. The molecule has 0 aliphatic heterocycles. The molecule has 0 unspecified atom stereocenters. The highest BCUT2D eigenvalue weighted by atomic mass is 19.4. The van der Waals surface area contributed by atoms with E-state index < -0.39 is 29.5 Å². The Balaban J connectivity index is 1.58. The van der Waals surface area contributed by atoms with Crippen LogP contribution in [-0.4, -0.2) is 30.3 Å². The number of anilines is 2. The largest absolute Gasteiger partial charge is 0.573 e. The molecule has 0 fully saturated rings. The zero-order chi connectivity index (χ0) is 26.4. The number of methoxy groups -OCH3 is 1. The number of rotatable bonds is 7. The summed E-state index contributed by atoms with van der Waals surface area (Å²) < 4.78 is 48.0. The van der Waals surface area contributed by atoms with Crippen LogP contribution in [0.15, 0.2) is 91.3 Å². The number of aromatic nitrogens is 1. The predicted octanol–water partition coefficient (Wildman–Crippen LogP) is 6.16. The van der Waals surface area contributed by atoms with Gasteiger partial charge in [0.15, 0.2) is 5.75 Å². The molecule has 0 spiro atoms. The Kier molecular flexibility index (Phi) is 7.38. The van der Waals surface area contributed by atoms with E-state index in [0.717, 1.165) is 29.3 Å². The molecular formula is C27H20F3N3O4. The van der Waals surface area contributed by atoms with E-state index in [1.54, 1.807) is 12.1 Å². The SMILES string of the molecule is COc1cnccc1NC(=O)c1cc(C(=O)Nc2ccc(-c3ccccc3)cc2)ccc1OC(F)(F)F. The second-order valence-corrected chi connectivity index (χ2v) is 7.69. The van der Waals surface area contributed by atoms with E-state index in [-0.39, 0.29) is 17.0 Å². The molecule has 2 amide bonds. The lowest BCUT2D eigenvalue weighted by molar-refractivity contribution is -0.274. The zero-order valence-electron chi connectivity index (χ0n) is 19.4. The number of carbonyl (C=O) groups excluding carboxylic acids is 2. The smallest absolute Gasteiger partial charge is 0.493 e. The van der Waals surface area contributed by atoms with Crippen LogP contribution in [-0.2, 0) is 0 Å². The molecule has 0 bridgehead atoms. The van der Waals surface area contributed by atoms with Crippen molar-refractivity contribution in [2.24, 2.45) is 0 Å². The van der Waals surface area contributed by atoms with Gasteiger partial charge in [0.1, 0.15) is 5.75 Å². The number of hydrogen-bond donors (Lipinski definition) is 2. The van der Waals surface area contributed by atoms with Gasteiger partial charge in [0, 0.05) is 17.4 Å². The van der Waals surface area contributed by atoms with Crippen molar-refractivity contribution in [3.05, 3.63) is 102 Å². The summed E-state index contributed by atoms with van der Waals surface area (Å²) in [6.45, 7) is 0. The third-order valence-electron chi connectivity index (χ3n) is 5.21. The summed E-state index contributed by atoms with van der Waals surface area (Å²) in [6, 6.07) is 21.2. The molecule has 1 aromatic heterocycles. The molecule has 0 saturated carbocycles. The normalized spacial score (nSPS) is 10.9. The molecule has 0 saturated heterocycles. The van der Waals surface area contributed by atoms with E-state index in [0.29, 0.717) is 5.69 Å². The molecule has 3 aromatic carbocycles. The minimum Gasteiger partial charge on any atom is -0.493 e. The number of nitrogens with one attached hydrogen (secondary N) is 2. The highest BCUT2D eigenvalue weighted by Gasteiger charge is 2.33. The predicted molar refractivity (Wildman–Crippen MR) is 132 cm³/mol.